The van der Waals surface area contributed by atoms with Crippen LogP contribution in [0, 0.1) is 0 Å². The van der Waals surface area contributed by atoms with Crippen LogP contribution in [0.4, 0.5) is 0 Å². The van der Waals surface area contributed by atoms with Crippen LogP contribution in [0.1, 0.15) is 35.1 Å². The summed E-state index contributed by atoms with van der Waals surface area (Å²) in [6.07, 6.45) is 0. The molecule has 2 aliphatic rings. The lowest BCUT2D eigenvalue weighted by Gasteiger charge is -2.15. The Hall–Kier alpha value is -4.10. The van der Waals surface area contributed by atoms with Crippen molar-refractivity contribution in [3.05, 3.63) is 107 Å². The monoisotopic (exact) mass is 608 g/mol. The van der Waals surface area contributed by atoms with Crippen LogP contribution in [0.25, 0.3) is 0 Å². The number of ether oxygens (including phenoxy) is 4. The van der Waals surface area contributed by atoms with E-state index in [1.54, 1.807) is 84.9 Å². The molecule has 0 radical (unpaired) electrons. The van der Waals surface area contributed by atoms with Gasteiger partial charge < -0.3 is 18.9 Å². The second-order valence-corrected chi connectivity index (χ2v) is 13.4. The molecule has 0 amide bonds. The molecule has 0 saturated carbocycles. The number of hydrogen-bond acceptors (Lipinski definition) is 8. The van der Waals surface area contributed by atoms with Crippen LogP contribution in [-0.2, 0) is 33.1 Å². The fourth-order valence-electron chi connectivity index (χ4n) is 4.69. The average Bonchev–Trinajstić information content (AvgIpc) is 3.68. The Kier molecular flexibility index (Phi) is 7.54. The minimum Gasteiger partial charge on any atom is -0.454 e. The minimum absolute atomic E-state index is 0.0957. The van der Waals surface area contributed by atoms with E-state index in [-0.39, 0.29) is 42.4 Å². The Morgan fingerprint density at radius 2 is 0.952 bits per heavy atom. The van der Waals surface area contributed by atoms with E-state index in [2.05, 4.69) is 9.44 Å². The van der Waals surface area contributed by atoms with Gasteiger partial charge in [-0.05, 0) is 70.8 Å². The van der Waals surface area contributed by atoms with Gasteiger partial charge in [-0.1, -0.05) is 43.3 Å². The third-order valence-electron chi connectivity index (χ3n) is 7.19. The van der Waals surface area contributed by atoms with Gasteiger partial charge >= 0.3 is 0 Å². The Morgan fingerprint density at radius 1 is 0.571 bits per heavy atom. The summed E-state index contributed by atoms with van der Waals surface area (Å²) in [5.74, 6) is 2.36. The molecule has 10 nitrogen and oxygen atoms in total. The number of fused-ring (bicyclic) bond motifs is 2. The fraction of sp³-hybridized carbons (Fsp3) is 0.200. The van der Waals surface area contributed by atoms with Crippen LogP contribution in [-0.4, -0.2) is 30.4 Å². The zero-order valence-electron chi connectivity index (χ0n) is 22.6. The summed E-state index contributed by atoms with van der Waals surface area (Å²) in [5.41, 5.74) is 3.28. The maximum absolute atomic E-state index is 12.9. The van der Waals surface area contributed by atoms with Gasteiger partial charge in [0.25, 0.3) is 0 Å². The van der Waals surface area contributed by atoms with Gasteiger partial charge in [0.15, 0.2) is 23.0 Å². The molecule has 0 bridgehead atoms. The Morgan fingerprint density at radius 3 is 1.36 bits per heavy atom. The van der Waals surface area contributed by atoms with Gasteiger partial charge in [0, 0.05) is 19.0 Å². The smallest absolute Gasteiger partial charge is 0.240 e. The van der Waals surface area contributed by atoms with E-state index in [1.165, 1.54) is 0 Å². The molecule has 2 heterocycles. The fourth-order valence-corrected chi connectivity index (χ4v) is 6.72. The summed E-state index contributed by atoms with van der Waals surface area (Å²) in [6, 6.07) is 23.9. The molecule has 218 valence electrons. The van der Waals surface area contributed by atoms with Crippen molar-refractivity contribution in [2.45, 2.75) is 35.7 Å². The average molecular weight is 609 g/mol. The zero-order valence-corrected chi connectivity index (χ0v) is 24.2. The SMILES string of the molecule is CC(c1ccc(S(=O)(=O)NCc2ccc3c(c2)OCO3)cc1)c1ccc(S(=O)(=O)NCc2ccc3c(c2)OCO3)cc1. The van der Waals surface area contributed by atoms with Gasteiger partial charge in [0.05, 0.1) is 9.79 Å². The molecule has 0 aliphatic carbocycles. The number of rotatable bonds is 10. The molecule has 0 unspecified atom stereocenters. The van der Waals surface area contributed by atoms with E-state index < -0.39 is 20.0 Å². The summed E-state index contributed by atoms with van der Waals surface area (Å²) < 4.78 is 78.0. The molecule has 2 aliphatic heterocycles. The van der Waals surface area contributed by atoms with Crippen molar-refractivity contribution < 1.29 is 35.8 Å². The number of benzene rings is 4. The van der Waals surface area contributed by atoms with Gasteiger partial charge in [-0.15, -0.1) is 0 Å². The lowest BCUT2D eigenvalue weighted by atomic mass is 9.93. The highest BCUT2D eigenvalue weighted by Gasteiger charge is 2.20. The predicted octanol–water partition coefficient (Wildman–Crippen LogP) is 4.25. The molecule has 0 fully saturated rings. The van der Waals surface area contributed by atoms with Crippen molar-refractivity contribution >= 4 is 20.0 Å². The zero-order chi connectivity index (χ0) is 29.3. The highest BCUT2D eigenvalue weighted by Crippen LogP contribution is 2.34. The molecule has 0 aromatic heterocycles. The van der Waals surface area contributed by atoms with E-state index >= 15 is 0 Å². The topological polar surface area (TPSA) is 129 Å². The predicted molar refractivity (Wildman–Crippen MR) is 154 cm³/mol. The first-order valence-corrected chi connectivity index (χ1v) is 16.1. The van der Waals surface area contributed by atoms with Gasteiger partial charge in [-0.25, -0.2) is 26.3 Å². The molecule has 42 heavy (non-hydrogen) atoms. The van der Waals surface area contributed by atoms with Crippen LogP contribution < -0.4 is 28.4 Å². The van der Waals surface area contributed by atoms with E-state index in [0.29, 0.717) is 23.0 Å². The van der Waals surface area contributed by atoms with E-state index in [9.17, 15) is 16.8 Å². The second kappa shape index (κ2) is 11.3. The first kappa shape index (κ1) is 28.0. The quantitative estimate of drug-likeness (QED) is 0.273. The Bertz CT molecular complexity index is 1690. The highest BCUT2D eigenvalue weighted by molar-refractivity contribution is 7.89. The van der Waals surface area contributed by atoms with E-state index in [0.717, 1.165) is 22.3 Å². The normalized spacial score (nSPS) is 14.0. The Balaban J connectivity index is 1.07. The van der Waals surface area contributed by atoms with E-state index in [4.69, 9.17) is 18.9 Å². The van der Waals surface area contributed by atoms with Crippen molar-refractivity contribution in [3.8, 4) is 23.0 Å². The van der Waals surface area contributed by atoms with Gasteiger partial charge in [-0.2, -0.15) is 0 Å². The minimum atomic E-state index is -3.74. The molecular formula is C30H28N2O8S2. The molecule has 12 heteroatoms. The lowest BCUT2D eigenvalue weighted by Crippen LogP contribution is -2.23. The lowest BCUT2D eigenvalue weighted by molar-refractivity contribution is 0.173. The standard InChI is InChI=1S/C30H28N2O8S2/c1-20(23-4-8-25(9-5-23)41(33,34)31-16-21-2-12-27-29(14-21)39-18-37-27)24-6-10-26(11-7-24)42(35,36)32-17-22-3-13-28-30(15-22)40-19-38-28/h2-15,20,31-32H,16-19H2,1H3. The van der Waals surface area contributed by atoms with Crippen LogP contribution in [0.2, 0.25) is 0 Å². The van der Waals surface area contributed by atoms with Crippen molar-refractivity contribution in [1.29, 1.82) is 0 Å². The molecule has 4 aromatic carbocycles. The first-order valence-electron chi connectivity index (χ1n) is 13.1. The van der Waals surface area contributed by atoms with Crippen LogP contribution in [0.15, 0.2) is 94.7 Å². The maximum atomic E-state index is 12.9. The van der Waals surface area contributed by atoms with Crippen LogP contribution in [0.3, 0.4) is 0 Å². The van der Waals surface area contributed by atoms with Crippen molar-refractivity contribution in [2.75, 3.05) is 13.6 Å². The summed E-state index contributed by atoms with van der Waals surface area (Å²) in [4.78, 5) is 0.295. The third kappa shape index (κ3) is 5.93. The van der Waals surface area contributed by atoms with Crippen molar-refractivity contribution in [2.24, 2.45) is 0 Å². The molecule has 0 saturated heterocycles. The van der Waals surface area contributed by atoms with Crippen molar-refractivity contribution in [3.63, 3.8) is 0 Å². The van der Waals surface area contributed by atoms with Gasteiger partial charge in [-0.3, -0.25) is 0 Å². The molecule has 0 spiro atoms. The third-order valence-corrected chi connectivity index (χ3v) is 10.0. The van der Waals surface area contributed by atoms with E-state index in [1.807, 2.05) is 6.92 Å². The summed E-state index contributed by atoms with van der Waals surface area (Å²) >= 11 is 0. The van der Waals surface area contributed by atoms with Crippen LogP contribution >= 0.6 is 0 Å². The number of hydrogen-bond donors (Lipinski definition) is 2. The maximum Gasteiger partial charge on any atom is 0.240 e. The molecule has 4 aromatic rings. The Labute approximate surface area is 244 Å². The molecular weight excluding hydrogens is 580 g/mol. The second-order valence-electron chi connectivity index (χ2n) is 9.88. The van der Waals surface area contributed by atoms with Gasteiger partial charge in [0.1, 0.15) is 0 Å². The number of sulfonamides is 2. The summed E-state index contributed by atoms with van der Waals surface area (Å²) in [6.45, 7) is 2.50. The summed E-state index contributed by atoms with van der Waals surface area (Å²) in [7, 11) is -7.48. The van der Waals surface area contributed by atoms with Crippen molar-refractivity contribution in [1.82, 2.24) is 9.44 Å². The van der Waals surface area contributed by atoms with Crippen LogP contribution in [0.5, 0.6) is 23.0 Å². The molecule has 2 N–H and O–H groups in total. The number of nitrogens with one attached hydrogen (secondary N) is 2. The molecule has 6 rings (SSSR count). The molecule has 0 atom stereocenters. The highest BCUT2D eigenvalue weighted by atomic mass is 32.2. The van der Waals surface area contributed by atoms with Gasteiger partial charge in [0.2, 0.25) is 33.6 Å². The largest absolute Gasteiger partial charge is 0.454 e. The summed E-state index contributed by atoms with van der Waals surface area (Å²) in [5, 5.41) is 0. The first-order chi connectivity index (χ1) is 20.2.